The molecule has 0 bridgehead atoms. The van der Waals surface area contributed by atoms with E-state index in [1.165, 1.54) is 7.11 Å². The van der Waals surface area contributed by atoms with Gasteiger partial charge >= 0.3 is 5.97 Å². The molecule has 2 aromatic rings. The molecule has 0 N–H and O–H groups in total. The lowest BCUT2D eigenvalue weighted by atomic mass is 10.1. The van der Waals surface area contributed by atoms with Gasteiger partial charge in [-0.05, 0) is 29.8 Å². The van der Waals surface area contributed by atoms with Crippen LogP contribution in [0.3, 0.4) is 0 Å². The van der Waals surface area contributed by atoms with Crippen molar-refractivity contribution < 1.29 is 28.5 Å². The van der Waals surface area contributed by atoms with Gasteiger partial charge in [0.15, 0.2) is 0 Å². The van der Waals surface area contributed by atoms with Crippen LogP contribution in [0.25, 0.3) is 0 Å². The predicted octanol–water partition coefficient (Wildman–Crippen LogP) is 2.81. The van der Waals surface area contributed by atoms with Crippen molar-refractivity contribution in [1.82, 2.24) is 0 Å². The van der Waals surface area contributed by atoms with Gasteiger partial charge in [0.2, 0.25) is 5.91 Å². The Morgan fingerprint density at radius 2 is 1.79 bits per heavy atom. The summed E-state index contributed by atoms with van der Waals surface area (Å²) in [6.45, 7) is 0.380. The first kappa shape index (κ1) is 19.5. The Kier molecular flexibility index (Phi) is 6.03. The monoisotopic (exact) mass is 385 g/mol. The molecule has 0 aromatic heterocycles. The van der Waals surface area contributed by atoms with Crippen LogP contribution in [0.15, 0.2) is 42.5 Å². The van der Waals surface area contributed by atoms with E-state index < -0.39 is 11.9 Å². The minimum atomic E-state index is -0.523. The second kappa shape index (κ2) is 8.65. The average Bonchev–Trinajstić information content (AvgIpc) is 3.13. The highest BCUT2D eigenvalue weighted by atomic mass is 16.5. The Hall–Kier alpha value is -3.22. The number of hydrogen-bond acceptors (Lipinski definition) is 6. The van der Waals surface area contributed by atoms with Gasteiger partial charge in [-0.25, -0.2) is 0 Å². The molecule has 0 saturated carbocycles. The lowest BCUT2D eigenvalue weighted by Gasteiger charge is -2.20. The number of carbonyl (C=O) groups excluding carboxylic acids is 2. The van der Waals surface area contributed by atoms with E-state index >= 15 is 0 Å². The molecule has 7 heteroatoms. The fourth-order valence-electron chi connectivity index (χ4n) is 3.14. The molecule has 0 aliphatic carbocycles. The van der Waals surface area contributed by atoms with Crippen molar-refractivity contribution in [2.45, 2.75) is 13.0 Å². The highest BCUT2D eigenvalue weighted by Gasteiger charge is 2.37. The minimum absolute atomic E-state index is 0.103. The molecular weight excluding hydrogens is 362 g/mol. The number of ether oxygens (including phenoxy) is 4. The molecule has 1 heterocycles. The van der Waals surface area contributed by atoms with Crippen molar-refractivity contribution in [3.8, 4) is 17.2 Å². The third-order valence-corrected chi connectivity index (χ3v) is 4.65. The zero-order valence-electron chi connectivity index (χ0n) is 16.1. The largest absolute Gasteiger partial charge is 0.497 e. The lowest BCUT2D eigenvalue weighted by molar-refractivity contribution is -0.149. The first-order valence-electron chi connectivity index (χ1n) is 8.87. The zero-order chi connectivity index (χ0) is 20.1. The third kappa shape index (κ3) is 4.19. The molecular formula is C21H23NO6. The molecule has 0 unspecified atom stereocenters. The summed E-state index contributed by atoms with van der Waals surface area (Å²) < 4.78 is 21.1. The summed E-state index contributed by atoms with van der Waals surface area (Å²) in [6.07, 6.45) is 0.103. The third-order valence-electron chi connectivity index (χ3n) is 4.65. The molecule has 28 heavy (non-hydrogen) atoms. The number of nitrogens with zero attached hydrogens (tertiary/aromatic N) is 1. The van der Waals surface area contributed by atoms with Gasteiger partial charge < -0.3 is 23.8 Å². The summed E-state index contributed by atoms with van der Waals surface area (Å²) in [7, 11) is 4.67. The minimum Gasteiger partial charge on any atom is -0.497 e. The second-order valence-electron chi connectivity index (χ2n) is 6.40. The standard InChI is InChI=1S/C21H23NO6/c1-25-16-6-4-5-14(9-16)13-28-21(24)15-10-20(23)22(12-15)18-8-7-17(26-2)11-19(18)27-3/h4-9,11,15H,10,12-13H2,1-3H3/t15-/m1/s1. The number of esters is 1. The summed E-state index contributed by atoms with van der Waals surface area (Å²) in [5.41, 5.74) is 1.43. The normalized spacial score (nSPS) is 16.0. The molecule has 0 radical (unpaired) electrons. The van der Waals surface area contributed by atoms with Crippen LogP contribution in [0.1, 0.15) is 12.0 Å². The molecule has 3 rings (SSSR count). The number of carbonyl (C=O) groups is 2. The molecule has 1 atom stereocenters. The van der Waals surface area contributed by atoms with Gasteiger partial charge in [0, 0.05) is 19.0 Å². The van der Waals surface area contributed by atoms with E-state index in [4.69, 9.17) is 18.9 Å². The van der Waals surface area contributed by atoms with Crippen LogP contribution >= 0.6 is 0 Å². The maximum absolute atomic E-state index is 12.5. The molecule has 1 aliphatic heterocycles. The van der Waals surface area contributed by atoms with Crippen molar-refractivity contribution in [3.63, 3.8) is 0 Å². The number of anilines is 1. The lowest BCUT2D eigenvalue weighted by Crippen LogP contribution is -2.26. The molecule has 7 nitrogen and oxygen atoms in total. The summed E-state index contributed by atoms with van der Waals surface area (Å²) in [5, 5.41) is 0. The summed E-state index contributed by atoms with van der Waals surface area (Å²) >= 11 is 0. The van der Waals surface area contributed by atoms with E-state index in [-0.39, 0.29) is 25.5 Å². The van der Waals surface area contributed by atoms with Gasteiger partial charge in [-0.3, -0.25) is 9.59 Å². The Labute approximate surface area is 163 Å². The van der Waals surface area contributed by atoms with Crippen molar-refractivity contribution in [1.29, 1.82) is 0 Å². The van der Waals surface area contributed by atoms with E-state index in [9.17, 15) is 9.59 Å². The fourth-order valence-corrected chi connectivity index (χ4v) is 3.14. The smallest absolute Gasteiger partial charge is 0.311 e. The number of amides is 1. The van der Waals surface area contributed by atoms with Crippen LogP contribution < -0.4 is 19.1 Å². The van der Waals surface area contributed by atoms with Crippen molar-refractivity contribution in [3.05, 3.63) is 48.0 Å². The number of methoxy groups -OCH3 is 3. The maximum Gasteiger partial charge on any atom is 0.311 e. The van der Waals surface area contributed by atoms with Crippen molar-refractivity contribution >= 4 is 17.6 Å². The van der Waals surface area contributed by atoms with E-state index in [2.05, 4.69) is 0 Å². The van der Waals surface area contributed by atoms with E-state index in [0.29, 0.717) is 22.9 Å². The first-order valence-corrected chi connectivity index (χ1v) is 8.87. The van der Waals surface area contributed by atoms with Crippen LogP contribution in [-0.4, -0.2) is 39.8 Å². The number of benzene rings is 2. The van der Waals surface area contributed by atoms with Gasteiger partial charge in [0.25, 0.3) is 0 Å². The Morgan fingerprint density at radius 1 is 1.04 bits per heavy atom. The molecule has 1 fully saturated rings. The van der Waals surface area contributed by atoms with Crippen LogP contribution in [0, 0.1) is 5.92 Å². The summed E-state index contributed by atoms with van der Waals surface area (Å²) in [6, 6.07) is 12.5. The summed E-state index contributed by atoms with van der Waals surface area (Å²) in [5.74, 6) is 0.768. The topological polar surface area (TPSA) is 74.3 Å². The van der Waals surface area contributed by atoms with Crippen LogP contribution in [-0.2, 0) is 20.9 Å². The quantitative estimate of drug-likeness (QED) is 0.683. The predicted molar refractivity (Wildman–Crippen MR) is 103 cm³/mol. The first-order chi connectivity index (χ1) is 13.5. The Morgan fingerprint density at radius 3 is 2.50 bits per heavy atom. The molecule has 1 aliphatic rings. The molecule has 1 amide bonds. The SMILES string of the molecule is COc1cccc(COC(=O)[C@@H]2CC(=O)N(c3ccc(OC)cc3OC)C2)c1. The Balaban J connectivity index is 1.66. The van der Waals surface area contributed by atoms with Gasteiger partial charge in [-0.15, -0.1) is 0 Å². The molecule has 0 spiro atoms. The number of hydrogen-bond donors (Lipinski definition) is 0. The second-order valence-corrected chi connectivity index (χ2v) is 6.40. The zero-order valence-corrected chi connectivity index (χ0v) is 16.1. The van der Waals surface area contributed by atoms with Gasteiger partial charge in [-0.2, -0.15) is 0 Å². The van der Waals surface area contributed by atoms with E-state index in [1.807, 2.05) is 24.3 Å². The van der Waals surface area contributed by atoms with Gasteiger partial charge in [-0.1, -0.05) is 12.1 Å². The van der Waals surface area contributed by atoms with E-state index in [1.54, 1.807) is 37.3 Å². The summed E-state index contributed by atoms with van der Waals surface area (Å²) in [4.78, 5) is 26.5. The number of rotatable bonds is 7. The molecule has 2 aromatic carbocycles. The molecule has 1 saturated heterocycles. The average molecular weight is 385 g/mol. The van der Waals surface area contributed by atoms with Gasteiger partial charge in [0.1, 0.15) is 23.9 Å². The van der Waals surface area contributed by atoms with Crippen LogP contribution in [0.4, 0.5) is 5.69 Å². The highest BCUT2D eigenvalue weighted by molar-refractivity contribution is 6.00. The highest BCUT2D eigenvalue weighted by Crippen LogP contribution is 2.36. The fraction of sp³-hybridized carbons (Fsp3) is 0.333. The molecule has 148 valence electrons. The van der Waals surface area contributed by atoms with Crippen LogP contribution in [0.5, 0.6) is 17.2 Å². The van der Waals surface area contributed by atoms with Gasteiger partial charge in [0.05, 0.1) is 32.9 Å². The van der Waals surface area contributed by atoms with Crippen LogP contribution in [0.2, 0.25) is 0 Å². The van der Waals surface area contributed by atoms with E-state index in [0.717, 1.165) is 5.56 Å². The maximum atomic E-state index is 12.5. The van der Waals surface area contributed by atoms with Crippen molar-refractivity contribution in [2.75, 3.05) is 32.8 Å². The van der Waals surface area contributed by atoms with Crippen molar-refractivity contribution in [2.24, 2.45) is 5.92 Å². The Bertz CT molecular complexity index is 866.